The van der Waals surface area contributed by atoms with Gasteiger partial charge in [0.1, 0.15) is 0 Å². The summed E-state index contributed by atoms with van der Waals surface area (Å²) < 4.78 is 7.73. The minimum absolute atomic E-state index is 0.114. The maximum absolute atomic E-state index is 14.6. The quantitative estimate of drug-likeness (QED) is 0.131. The second-order valence-electron chi connectivity index (χ2n) is 12.1. The van der Waals surface area contributed by atoms with Crippen LogP contribution in [0.4, 0.5) is 11.4 Å². The third-order valence-corrected chi connectivity index (χ3v) is 11.9. The Bertz CT molecular complexity index is 1570. The topological polar surface area (TPSA) is 133 Å². The molecule has 0 unspecified atom stereocenters. The number of anilines is 1. The van der Waals surface area contributed by atoms with Crippen LogP contribution in [0.1, 0.15) is 30.0 Å². The number of nitro groups is 1. The third-order valence-electron chi connectivity index (χ3n) is 8.72. The van der Waals surface area contributed by atoms with Crippen molar-refractivity contribution in [3.8, 4) is 0 Å². The van der Waals surface area contributed by atoms with E-state index >= 15 is 0 Å². The molecule has 3 aromatic carbocycles. The highest BCUT2D eigenvalue weighted by Crippen LogP contribution is 2.60. The summed E-state index contributed by atoms with van der Waals surface area (Å²) in [6.45, 7) is 5.77. The van der Waals surface area contributed by atoms with Crippen LogP contribution in [0.5, 0.6) is 0 Å². The highest BCUT2D eigenvalue weighted by Gasteiger charge is 2.66. The predicted molar refractivity (Wildman–Crippen MR) is 176 cm³/mol. The van der Waals surface area contributed by atoms with Crippen molar-refractivity contribution < 1.29 is 29.2 Å². The summed E-state index contributed by atoms with van der Waals surface area (Å²) in [7, 11) is -3.08. The summed E-state index contributed by atoms with van der Waals surface area (Å²) in [5.41, 5.74) is 0.359. The van der Waals surface area contributed by atoms with Gasteiger partial charge in [0.05, 0.1) is 36.3 Å². The molecular formula is C32H36IN3O7Si. The fourth-order valence-corrected chi connectivity index (χ4v) is 10.0. The molecule has 2 heterocycles. The lowest BCUT2D eigenvalue weighted by Crippen LogP contribution is -2.46. The van der Waals surface area contributed by atoms with Crippen molar-refractivity contribution in [3.63, 3.8) is 0 Å². The molecule has 232 valence electrons. The van der Waals surface area contributed by atoms with Gasteiger partial charge in [-0.1, -0.05) is 49.4 Å². The average Bonchev–Trinajstić information content (AvgIpc) is 3.39. The number of nitrogens with zero attached hydrogens (tertiary/aromatic N) is 3. The molecule has 2 aliphatic heterocycles. The monoisotopic (exact) mass is 729 g/mol. The first-order chi connectivity index (χ1) is 20.9. The molecule has 2 amide bonds. The van der Waals surface area contributed by atoms with Gasteiger partial charge in [-0.3, -0.25) is 19.7 Å². The summed E-state index contributed by atoms with van der Waals surface area (Å²) in [5, 5.41) is 21.6. The van der Waals surface area contributed by atoms with Gasteiger partial charge in [-0.05, 0) is 65.0 Å². The lowest BCUT2D eigenvalue weighted by molar-refractivity contribution is -0.385. The van der Waals surface area contributed by atoms with E-state index in [2.05, 4.69) is 22.6 Å². The Morgan fingerprint density at radius 3 is 2.45 bits per heavy atom. The van der Waals surface area contributed by atoms with E-state index in [4.69, 9.17) is 4.74 Å². The molecule has 0 aliphatic carbocycles. The van der Waals surface area contributed by atoms with Crippen LogP contribution in [0.25, 0.3) is 0 Å². The van der Waals surface area contributed by atoms with Crippen LogP contribution < -0.4 is 4.90 Å². The summed E-state index contributed by atoms with van der Waals surface area (Å²) in [6.07, 6.45) is -0.940. The van der Waals surface area contributed by atoms with Gasteiger partial charge < -0.3 is 24.4 Å². The minimum atomic E-state index is -3.08. The Morgan fingerprint density at radius 1 is 1.11 bits per heavy atom. The first-order valence-corrected chi connectivity index (χ1v) is 18.6. The summed E-state index contributed by atoms with van der Waals surface area (Å²) in [6, 6.07) is 21.6. The van der Waals surface area contributed by atoms with E-state index in [9.17, 15) is 29.6 Å². The molecule has 12 heteroatoms. The van der Waals surface area contributed by atoms with Crippen LogP contribution in [0, 0.1) is 19.6 Å². The number of hydrogen-bond acceptors (Lipinski definition) is 7. The smallest absolute Gasteiger partial charge is 0.269 e. The maximum Gasteiger partial charge on any atom is 0.269 e. The minimum Gasteiger partial charge on any atom is -0.432 e. The van der Waals surface area contributed by atoms with E-state index in [1.165, 1.54) is 12.1 Å². The standard InChI is InChI=1S/C32H36IN3O7Si/c1-21-30(44(2,3)42)28(18-29(38)34(14-15-37)19-22-8-5-4-6-9-22)43-32(21)26-17-25(36(40)41)12-13-27(26)35(31(32)39)20-23-10-7-11-24(33)16-23/h4-13,16-17,21,28,30,37,42H,14-15,18-20H2,1-3H3/t21-,28+,30-,32+/m1/s1. The largest absolute Gasteiger partial charge is 0.432 e. The zero-order valence-electron chi connectivity index (χ0n) is 24.9. The molecule has 2 N–H and O–H groups in total. The normalized spacial score (nSPS) is 22.8. The molecule has 0 radical (unpaired) electrons. The molecule has 5 rings (SSSR count). The molecule has 0 aromatic heterocycles. The van der Waals surface area contributed by atoms with Crippen molar-refractivity contribution in [3.05, 3.63) is 103 Å². The Labute approximate surface area is 271 Å². The Hall–Kier alpha value is -3.17. The van der Waals surface area contributed by atoms with Gasteiger partial charge in [-0.15, -0.1) is 0 Å². The predicted octanol–water partition coefficient (Wildman–Crippen LogP) is 4.96. The number of carbonyl (C=O) groups is 2. The molecule has 2 aliphatic rings. The summed E-state index contributed by atoms with van der Waals surface area (Å²) in [4.78, 5) is 54.4. The number of rotatable bonds is 10. The molecule has 1 saturated heterocycles. The van der Waals surface area contributed by atoms with Gasteiger partial charge in [0.15, 0.2) is 13.9 Å². The highest BCUT2D eigenvalue weighted by atomic mass is 127. The number of ether oxygens (including phenoxy) is 1. The number of fused-ring (bicyclic) bond motifs is 2. The van der Waals surface area contributed by atoms with E-state index in [0.717, 1.165) is 14.7 Å². The number of halogens is 1. The van der Waals surface area contributed by atoms with Crippen molar-refractivity contribution >= 4 is 54.1 Å². The maximum atomic E-state index is 14.6. The first kappa shape index (κ1) is 32.2. The molecule has 1 spiro atoms. The number of nitro benzene ring substituents is 1. The molecular weight excluding hydrogens is 693 g/mol. The number of aliphatic hydroxyl groups excluding tert-OH is 1. The van der Waals surface area contributed by atoms with Gasteiger partial charge in [0, 0.05) is 45.8 Å². The summed E-state index contributed by atoms with van der Waals surface area (Å²) >= 11 is 2.21. The van der Waals surface area contributed by atoms with E-state index in [-0.39, 0.29) is 50.2 Å². The van der Waals surface area contributed by atoms with Crippen molar-refractivity contribution in [1.29, 1.82) is 0 Å². The van der Waals surface area contributed by atoms with Gasteiger partial charge in [-0.2, -0.15) is 0 Å². The van der Waals surface area contributed by atoms with E-state index in [1.54, 1.807) is 29.0 Å². The van der Waals surface area contributed by atoms with Crippen molar-refractivity contribution in [1.82, 2.24) is 4.90 Å². The molecule has 1 fully saturated rings. The molecule has 0 bridgehead atoms. The SMILES string of the molecule is C[C@@H]1[C@@H]([Si](C)(C)O)[C@H](CC(=O)N(CCO)Cc2ccccc2)O[C@@]12C(=O)N(Cc1cccc(I)c1)c1ccc([N+](=O)[O-])cc12. The Balaban J connectivity index is 1.55. The van der Waals surface area contributed by atoms with E-state index in [1.807, 2.05) is 61.5 Å². The second kappa shape index (κ2) is 12.7. The fourth-order valence-electron chi connectivity index (χ4n) is 6.87. The summed E-state index contributed by atoms with van der Waals surface area (Å²) in [5.74, 6) is -1.23. The molecule has 4 atom stereocenters. The fraction of sp³-hybridized carbons (Fsp3) is 0.375. The van der Waals surface area contributed by atoms with Crippen LogP contribution in [0.3, 0.4) is 0 Å². The zero-order valence-corrected chi connectivity index (χ0v) is 28.0. The number of carbonyl (C=O) groups excluding carboxylic acids is 2. The average molecular weight is 730 g/mol. The number of hydrogen-bond donors (Lipinski definition) is 2. The second-order valence-corrected chi connectivity index (χ2v) is 17.3. The van der Waals surface area contributed by atoms with Crippen molar-refractivity contribution in [2.75, 3.05) is 18.1 Å². The number of benzene rings is 3. The van der Waals surface area contributed by atoms with Crippen LogP contribution in [-0.4, -0.2) is 59.1 Å². The van der Waals surface area contributed by atoms with Crippen LogP contribution >= 0.6 is 22.6 Å². The van der Waals surface area contributed by atoms with Crippen molar-refractivity contribution in [2.45, 2.75) is 56.8 Å². The number of non-ortho nitro benzene ring substituents is 1. The Kier molecular flexibility index (Phi) is 9.28. The van der Waals surface area contributed by atoms with E-state index in [0.29, 0.717) is 11.3 Å². The lowest BCUT2D eigenvalue weighted by atomic mass is 9.82. The molecule has 0 saturated carbocycles. The molecule has 44 heavy (non-hydrogen) atoms. The highest BCUT2D eigenvalue weighted by molar-refractivity contribution is 14.1. The Morgan fingerprint density at radius 2 is 1.82 bits per heavy atom. The van der Waals surface area contributed by atoms with Crippen molar-refractivity contribution in [2.24, 2.45) is 5.92 Å². The zero-order chi connectivity index (χ0) is 31.8. The molecule has 10 nitrogen and oxygen atoms in total. The van der Waals surface area contributed by atoms with Crippen LogP contribution in [0.15, 0.2) is 72.8 Å². The molecule has 3 aromatic rings. The third kappa shape index (κ3) is 6.05. The lowest BCUT2D eigenvalue weighted by Gasteiger charge is -2.32. The van der Waals surface area contributed by atoms with Crippen LogP contribution in [0.2, 0.25) is 18.6 Å². The van der Waals surface area contributed by atoms with Gasteiger partial charge in [-0.25, -0.2) is 0 Å². The van der Waals surface area contributed by atoms with Crippen LogP contribution in [-0.2, 0) is 33.0 Å². The first-order valence-electron chi connectivity index (χ1n) is 14.5. The number of aliphatic hydroxyl groups is 1. The van der Waals surface area contributed by atoms with Gasteiger partial charge in [0.2, 0.25) is 5.91 Å². The van der Waals surface area contributed by atoms with Gasteiger partial charge >= 0.3 is 0 Å². The van der Waals surface area contributed by atoms with Gasteiger partial charge in [0.25, 0.3) is 11.6 Å². The number of amides is 2. The van der Waals surface area contributed by atoms with E-state index < -0.39 is 36.4 Å².